The number of aromatic nitrogens is 3. The standard InChI is InChI=1S/C26H29ClN4O5/c1-5-20-23(30(3)26(34)31(25(20)33)13-8-14-32)29-24(36-22-10-7-6-9-21(22)35-4)17(2)15-19-12-11-18(27)16-28-19/h6-7,9-12,15-16,32H,5,8,13-14H2,1-4H3. The Balaban J connectivity index is 2.22. The van der Waals surface area contributed by atoms with Crippen molar-refractivity contribution in [1.82, 2.24) is 14.1 Å². The number of halogens is 1. The van der Waals surface area contributed by atoms with Gasteiger partial charge >= 0.3 is 5.69 Å². The van der Waals surface area contributed by atoms with Gasteiger partial charge in [0.25, 0.3) is 5.56 Å². The van der Waals surface area contributed by atoms with Crippen molar-refractivity contribution in [3.05, 3.63) is 85.3 Å². The summed E-state index contributed by atoms with van der Waals surface area (Å²) in [6.45, 7) is 3.59. The number of aliphatic hydroxyl groups is 1. The van der Waals surface area contributed by atoms with Crippen LogP contribution in [0.5, 0.6) is 11.5 Å². The molecule has 0 aliphatic heterocycles. The second kappa shape index (κ2) is 12.3. The molecule has 0 radical (unpaired) electrons. The first kappa shape index (κ1) is 26.9. The van der Waals surface area contributed by atoms with Gasteiger partial charge in [-0.3, -0.25) is 18.9 Å². The fraction of sp³-hybridized carbons (Fsp3) is 0.308. The molecule has 0 unspecified atom stereocenters. The van der Waals surface area contributed by atoms with Gasteiger partial charge in [0.15, 0.2) is 11.5 Å². The van der Waals surface area contributed by atoms with Crippen molar-refractivity contribution in [3.8, 4) is 11.5 Å². The molecular formula is C26H29ClN4O5. The van der Waals surface area contributed by atoms with Gasteiger partial charge in [0, 0.05) is 32.0 Å². The van der Waals surface area contributed by atoms with Crippen molar-refractivity contribution in [2.24, 2.45) is 12.0 Å². The van der Waals surface area contributed by atoms with E-state index in [1.807, 2.05) is 13.0 Å². The van der Waals surface area contributed by atoms with E-state index in [1.54, 1.807) is 50.4 Å². The molecule has 0 aliphatic carbocycles. The van der Waals surface area contributed by atoms with E-state index in [0.29, 0.717) is 46.2 Å². The van der Waals surface area contributed by atoms with Gasteiger partial charge in [0.1, 0.15) is 5.82 Å². The third-order valence-electron chi connectivity index (χ3n) is 5.44. The molecule has 0 spiro atoms. The zero-order valence-electron chi connectivity index (χ0n) is 20.7. The molecule has 2 heterocycles. The minimum atomic E-state index is -0.526. The normalized spacial score (nSPS) is 12.1. The number of nitrogens with zero attached hydrogens (tertiary/aromatic N) is 4. The fourth-order valence-electron chi connectivity index (χ4n) is 3.55. The van der Waals surface area contributed by atoms with Crippen LogP contribution in [0.2, 0.25) is 5.02 Å². The van der Waals surface area contributed by atoms with E-state index in [0.717, 1.165) is 4.57 Å². The van der Waals surface area contributed by atoms with E-state index in [-0.39, 0.29) is 24.9 Å². The Hall–Kier alpha value is -3.69. The molecule has 0 bridgehead atoms. The van der Waals surface area contributed by atoms with E-state index in [9.17, 15) is 9.59 Å². The molecule has 0 saturated heterocycles. The SMILES string of the molecule is CCc1c(N=C(Oc2ccccc2OC)C(C)=Cc2ccc(Cl)cn2)n(C)c(=O)n(CCCO)c1=O. The van der Waals surface area contributed by atoms with Crippen molar-refractivity contribution in [2.75, 3.05) is 13.7 Å². The maximum absolute atomic E-state index is 13.1. The smallest absolute Gasteiger partial charge is 0.332 e. The zero-order chi connectivity index (χ0) is 26.2. The van der Waals surface area contributed by atoms with E-state index in [2.05, 4.69) is 9.98 Å². The Morgan fingerprint density at radius 3 is 2.53 bits per heavy atom. The van der Waals surface area contributed by atoms with E-state index >= 15 is 0 Å². The number of aliphatic imine (C=N–C) groups is 1. The predicted octanol–water partition coefficient (Wildman–Crippen LogP) is 3.76. The highest BCUT2D eigenvalue weighted by Crippen LogP contribution is 2.28. The molecule has 0 fully saturated rings. The third kappa shape index (κ3) is 6.10. The molecule has 0 saturated carbocycles. The molecule has 9 nitrogen and oxygen atoms in total. The van der Waals surface area contributed by atoms with Crippen LogP contribution < -0.4 is 20.7 Å². The van der Waals surface area contributed by atoms with Gasteiger partial charge in [-0.15, -0.1) is 0 Å². The number of aliphatic hydroxyl groups excluding tert-OH is 1. The molecule has 0 amide bonds. The lowest BCUT2D eigenvalue weighted by Crippen LogP contribution is -2.41. The quantitative estimate of drug-likeness (QED) is 0.345. The number of methoxy groups -OCH3 is 1. The van der Waals surface area contributed by atoms with Gasteiger partial charge in [0.05, 0.1) is 23.4 Å². The van der Waals surface area contributed by atoms with Crippen molar-refractivity contribution >= 4 is 29.4 Å². The largest absolute Gasteiger partial charge is 0.493 e. The van der Waals surface area contributed by atoms with Crippen LogP contribution >= 0.6 is 11.6 Å². The summed E-state index contributed by atoms with van der Waals surface area (Å²) in [5.74, 6) is 1.25. The monoisotopic (exact) mass is 512 g/mol. The van der Waals surface area contributed by atoms with Crippen LogP contribution in [0, 0.1) is 0 Å². The van der Waals surface area contributed by atoms with E-state index in [4.69, 9.17) is 26.2 Å². The number of rotatable bonds is 9. The van der Waals surface area contributed by atoms with Crippen molar-refractivity contribution in [2.45, 2.75) is 33.2 Å². The summed E-state index contributed by atoms with van der Waals surface area (Å²) >= 11 is 5.96. The van der Waals surface area contributed by atoms with Crippen molar-refractivity contribution in [3.63, 3.8) is 0 Å². The Morgan fingerprint density at radius 2 is 1.92 bits per heavy atom. The topological polar surface area (TPSA) is 108 Å². The summed E-state index contributed by atoms with van der Waals surface area (Å²) in [6.07, 6.45) is 3.92. The van der Waals surface area contributed by atoms with Crippen LogP contribution in [0.1, 0.15) is 31.5 Å². The van der Waals surface area contributed by atoms with Crippen molar-refractivity contribution < 1.29 is 14.6 Å². The summed E-state index contributed by atoms with van der Waals surface area (Å²) in [6, 6.07) is 10.6. The second-order valence-corrected chi connectivity index (χ2v) is 8.37. The van der Waals surface area contributed by atoms with Crippen LogP contribution in [0.25, 0.3) is 6.08 Å². The molecule has 10 heteroatoms. The highest BCUT2D eigenvalue weighted by molar-refractivity contribution is 6.30. The Bertz CT molecular complexity index is 1390. The zero-order valence-corrected chi connectivity index (χ0v) is 21.5. The lowest BCUT2D eigenvalue weighted by molar-refractivity contribution is 0.277. The third-order valence-corrected chi connectivity index (χ3v) is 5.66. The van der Waals surface area contributed by atoms with Gasteiger partial charge in [-0.05, 0) is 50.1 Å². The maximum Gasteiger partial charge on any atom is 0.332 e. The van der Waals surface area contributed by atoms with Gasteiger partial charge < -0.3 is 14.6 Å². The lowest BCUT2D eigenvalue weighted by Gasteiger charge is -2.16. The number of ether oxygens (including phenoxy) is 2. The first-order valence-electron chi connectivity index (χ1n) is 11.4. The first-order chi connectivity index (χ1) is 17.3. The minimum absolute atomic E-state index is 0.116. The summed E-state index contributed by atoms with van der Waals surface area (Å²) in [4.78, 5) is 35.1. The minimum Gasteiger partial charge on any atom is -0.493 e. The molecule has 3 rings (SSSR count). The Kier molecular flexibility index (Phi) is 9.21. The lowest BCUT2D eigenvalue weighted by atomic mass is 10.2. The van der Waals surface area contributed by atoms with Gasteiger partial charge in [-0.25, -0.2) is 4.79 Å². The number of hydrogen-bond donors (Lipinski definition) is 1. The molecule has 1 N–H and O–H groups in total. The second-order valence-electron chi connectivity index (χ2n) is 7.93. The van der Waals surface area contributed by atoms with E-state index < -0.39 is 11.2 Å². The average Bonchev–Trinajstić information content (AvgIpc) is 2.88. The van der Waals surface area contributed by atoms with Gasteiger partial charge in [-0.1, -0.05) is 30.7 Å². The van der Waals surface area contributed by atoms with Crippen LogP contribution in [-0.2, 0) is 20.0 Å². The summed E-state index contributed by atoms with van der Waals surface area (Å²) < 4.78 is 14.0. The summed E-state index contributed by atoms with van der Waals surface area (Å²) in [7, 11) is 3.08. The Labute approximate surface area is 213 Å². The molecule has 0 atom stereocenters. The molecule has 190 valence electrons. The average molecular weight is 513 g/mol. The molecular weight excluding hydrogens is 484 g/mol. The van der Waals surface area contributed by atoms with Crippen LogP contribution in [0.4, 0.5) is 5.82 Å². The highest BCUT2D eigenvalue weighted by Gasteiger charge is 2.18. The number of pyridine rings is 1. The maximum atomic E-state index is 13.1. The first-order valence-corrected chi connectivity index (χ1v) is 11.8. The summed E-state index contributed by atoms with van der Waals surface area (Å²) in [5.41, 5.74) is 0.605. The molecule has 2 aromatic heterocycles. The van der Waals surface area contributed by atoms with Gasteiger partial charge in [-0.2, -0.15) is 4.99 Å². The molecule has 3 aromatic rings. The summed E-state index contributed by atoms with van der Waals surface area (Å²) in [5, 5.41) is 9.68. The number of hydrogen-bond acceptors (Lipinski definition) is 7. The van der Waals surface area contributed by atoms with Crippen LogP contribution in [-0.4, -0.2) is 38.8 Å². The highest BCUT2D eigenvalue weighted by atomic mass is 35.5. The van der Waals surface area contributed by atoms with Crippen LogP contribution in [0.3, 0.4) is 0 Å². The molecule has 1 aromatic carbocycles. The predicted molar refractivity (Wildman–Crippen MR) is 141 cm³/mol. The molecule has 36 heavy (non-hydrogen) atoms. The van der Waals surface area contributed by atoms with E-state index in [1.165, 1.54) is 17.9 Å². The number of benzene rings is 1. The van der Waals surface area contributed by atoms with Gasteiger partial charge in [0.2, 0.25) is 5.90 Å². The van der Waals surface area contributed by atoms with Crippen molar-refractivity contribution in [1.29, 1.82) is 0 Å². The Morgan fingerprint density at radius 1 is 1.19 bits per heavy atom. The van der Waals surface area contributed by atoms with Crippen LogP contribution in [0.15, 0.2) is 62.7 Å². The fourth-order valence-corrected chi connectivity index (χ4v) is 3.66. The number of para-hydroxylation sites is 2. The molecule has 0 aliphatic rings.